The first-order valence-corrected chi connectivity index (χ1v) is 8.44. The highest BCUT2D eigenvalue weighted by Crippen LogP contribution is 2.29. The minimum Gasteiger partial charge on any atom is -0.294 e. The van der Waals surface area contributed by atoms with Gasteiger partial charge in [-0.1, -0.05) is 55.1 Å². The number of ketones is 2. The van der Waals surface area contributed by atoms with Crippen molar-refractivity contribution in [3.63, 3.8) is 0 Å². The molecule has 0 aliphatic carbocycles. The quantitative estimate of drug-likeness (QED) is 0.583. The van der Waals surface area contributed by atoms with Crippen molar-refractivity contribution in [1.29, 1.82) is 0 Å². The van der Waals surface area contributed by atoms with E-state index in [1.54, 1.807) is 13.8 Å². The van der Waals surface area contributed by atoms with E-state index in [0.29, 0.717) is 11.1 Å². The van der Waals surface area contributed by atoms with Gasteiger partial charge in [-0.25, -0.2) is 0 Å². The van der Waals surface area contributed by atoms with Crippen LogP contribution in [-0.2, 0) is 0 Å². The Morgan fingerprint density at radius 2 is 0.962 bits per heavy atom. The highest BCUT2D eigenvalue weighted by Gasteiger charge is 2.14. The summed E-state index contributed by atoms with van der Waals surface area (Å²) in [6.45, 7) is 19.0. The van der Waals surface area contributed by atoms with Crippen LogP contribution in [0, 0.1) is 0 Å². The Kier molecular flexibility index (Phi) is 5.56. The van der Waals surface area contributed by atoms with Gasteiger partial charge in [0, 0.05) is 11.1 Å². The molecule has 0 bridgehead atoms. The van der Waals surface area contributed by atoms with Crippen molar-refractivity contribution in [3.05, 3.63) is 89.5 Å². The van der Waals surface area contributed by atoms with E-state index in [9.17, 15) is 9.59 Å². The lowest BCUT2D eigenvalue weighted by Crippen LogP contribution is -2.01. The van der Waals surface area contributed by atoms with Gasteiger partial charge in [0.2, 0.25) is 0 Å². The third-order valence-electron chi connectivity index (χ3n) is 4.41. The summed E-state index contributed by atoms with van der Waals surface area (Å²) in [4.78, 5) is 23.7. The Hall–Kier alpha value is -3.00. The molecule has 0 N–H and O–H groups in total. The highest BCUT2D eigenvalue weighted by molar-refractivity contribution is 6.01. The number of Topliss-reactive ketones (excluding diaryl/α,β-unsaturated/α-hetero) is 2. The van der Waals surface area contributed by atoms with E-state index in [1.807, 2.05) is 50.2 Å². The van der Waals surface area contributed by atoms with Crippen molar-refractivity contribution in [2.45, 2.75) is 27.7 Å². The van der Waals surface area contributed by atoms with Crippen molar-refractivity contribution in [2.75, 3.05) is 0 Å². The van der Waals surface area contributed by atoms with Gasteiger partial charge in [0.1, 0.15) is 0 Å². The summed E-state index contributed by atoms with van der Waals surface area (Å²) in [5.74, 6) is 0.0195. The van der Waals surface area contributed by atoms with Crippen molar-refractivity contribution in [2.24, 2.45) is 0 Å². The molecule has 0 amide bonds. The topological polar surface area (TPSA) is 34.1 Å². The molecule has 0 aromatic heterocycles. The minimum absolute atomic E-state index is 0.00976. The smallest absolute Gasteiger partial charge is 0.160 e. The molecule has 0 fully saturated rings. The summed E-state index contributed by atoms with van der Waals surface area (Å²) in [6, 6.07) is 11.3. The average molecular weight is 344 g/mol. The maximum Gasteiger partial charge on any atom is 0.160 e. The monoisotopic (exact) mass is 344 g/mol. The Bertz CT molecular complexity index is 881. The van der Waals surface area contributed by atoms with Crippen LogP contribution in [0.4, 0.5) is 0 Å². The maximum absolute atomic E-state index is 11.8. The molecular weight excluding hydrogens is 320 g/mol. The first-order valence-electron chi connectivity index (χ1n) is 8.44. The molecule has 0 saturated heterocycles. The molecule has 26 heavy (non-hydrogen) atoms. The summed E-state index contributed by atoms with van der Waals surface area (Å²) in [7, 11) is 0. The number of allylic oxidation sites excluding steroid dienone is 2. The summed E-state index contributed by atoms with van der Waals surface area (Å²) in [6.07, 6.45) is 0. The van der Waals surface area contributed by atoms with Crippen LogP contribution in [0.1, 0.15) is 70.7 Å². The third-order valence-corrected chi connectivity index (χ3v) is 4.41. The number of hydrogen-bond acceptors (Lipinski definition) is 2. The van der Waals surface area contributed by atoms with Gasteiger partial charge in [-0.2, -0.15) is 0 Å². The molecule has 0 spiro atoms. The van der Waals surface area contributed by atoms with Crippen LogP contribution in [0.25, 0.3) is 16.7 Å². The van der Waals surface area contributed by atoms with Crippen molar-refractivity contribution in [1.82, 2.24) is 0 Å². The van der Waals surface area contributed by atoms with Crippen LogP contribution in [0.5, 0.6) is 0 Å². The van der Waals surface area contributed by atoms with E-state index >= 15 is 0 Å². The molecule has 2 rings (SSSR count). The maximum atomic E-state index is 11.8. The van der Waals surface area contributed by atoms with E-state index in [-0.39, 0.29) is 11.6 Å². The fourth-order valence-electron chi connectivity index (χ4n) is 2.95. The predicted molar refractivity (Wildman–Crippen MR) is 110 cm³/mol. The average Bonchev–Trinajstić information content (AvgIpc) is 2.59. The lowest BCUT2D eigenvalue weighted by Gasteiger charge is -2.14. The van der Waals surface area contributed by atoms with Crippen LogP contribution in [-0.4, -0.2) is 11.6 Å². The SMILES string of the molecule is C=C(c1ccc(C(C)=O)c(C(=C)C)c1)c1ccc(C(C)=O)c(C(=C)C)c1. The van der Waals surface area contributed by atoms with E-state index in [1.165, 1.54) is 0 Å². The number of benzene rings is 2. The molecule has 0 saturated carbocycles. The van der Waals surface area contributed by atoms with Crippen LogP contribution in [0.2, 0.25) is 0 Å². The van der Waals surface area contributed by atoms with Gasteiger partial charge in [0.25, 0.3) is 0 Å². The summed E-state index contributed by atoms with van der Waals surface area (Å²) in [5, 5.41) is 0. The van der Waals surface area contributed by atoms with Crippen LogP contribution in [0.15, 0.2) is 56.1 Å². The molecule has 132 valence electrons. The fourth-order valence-corrected chi connectivity index (χ4v) is 2.95. The molecule has 0 heterocycles. The second kappa shape index (κ2) is 7.49. The van der Waals surface area contributed by atoms with Crippen molar-refractivity contribution in [3.8, 4) is 0 Å². The van der Waals surface area contributed by atoms with Gasteiger partial charge < -0.3 is 0 Å². The second-order valence-corrected chi connectivity index (χ2v) is 6.67. The molecule has 0 aliphatic rings. The number of rotatable bonds is 6. The Balaban J connectivity index is 2.56. The Morgan fingerprint density at radius 3 is 1.23 bits per heavy atom. The number of hydrogen-bond donors (Lipinski definition) is 0. The van der Waals surface area contributed by atoms with Crippen molar-refractivity contribution >= 4 is 28.3 Å². The van der Waals surface area contributed by atoms with E-state index < -0.39 is 0 Å². The number of carbonyl (C=O) groups excluding carboxylic acids is 2. The normalized spacial score (nSPS) is 10.3. The van der Waals surface area contributed by atoms with Crippen LogP contribution in [0.3, 0.4) is 0 Å². The molecule has 2 aromatic rings. The fraction of sp³-hybridized carbons (Fsp3) is 0.167. The lowest BCUT2D eigenvalue weighted by molar-refractivity contribution is 0.100. The molecule has 2 aromatic carbocycles. The molecule has 0 unspecified atom stereocenters. The van der Waals surface area contributed by atoms with E-state index in [0.717, 1.165) is 39.0 Å². The van der Waals surface area contributed by atoms with Gasteiger partial charge in [-0.05, 0) is 67.7 Å². The van der Waals surface area contributed by atoms with Gasteiger partial charge in [-0.15, -0.1) is 0 Å². The molecule has 0 aliphatic heterocycles. The minimum atomic E-state index is 0.00976. The zero-order chi connectivity index (χ0) is 19.6. The first-order chi connectivity index (χ1) is 12.1. The summed E-state index contributed by atoms with van der Waals surface area (Å²) >= 11 is 0. The molecular formula is C24H24O2. The third kappa shape index (κ3) is 3.80. The predicted octanol–water partition coefficient (Wildman–Crippen LogP) is 6.22. The van der Waals surface area contributed by atoms with E-state index in [2.05, 4.69) is 19.7 Å². The van der Waals surface area contributed by atoms with Crippen LogP contribution >= 0.6 is 0 Å². The first kappa shape index (κ1) is 19.3. The molecule has 0 atom stereocenters. The largest absolute Gasteiger partial charge is 0.294 e. The van der Waals surface area contributed by atoms with Crippen molar-refractivity contribution < 1.29 is 9.59 Å². The number of carbonyl (C=O) groups is 2. The Labute approximate surface area is 155 Å². The second-order valence-electron chi connectivity index (χ2n) is 6.67. The van der Waals surface area contributed by atoms with Gasteiger partial charge in [0.05, 0.1) is 0 Å². The summed E-state index contributed by atoms with van der Waals surface area (Å²) in [5.41, 5.74) is 7.28. The van der Waals surface area contributed by atoms with E-state index in [4.69, 9.17) is 0 Å². The zero-order valence-corrected chi connectivity index (χ0v) is 15.9. The molecule has 2 heteroatoms. The van der Waals surface area contributed by atoms with Gasteiger partial charge in [0.15, 0.2) is 11.6 Å². The standard InChI is InChI=1S/C24H24O2/c1-14(2)23-12-19(8-10-21(23)17(6)25)16(5)20-9-11-22(18(7)26)24(13-20)15(3)4/h8-13H,1,3,5H2,2,4,6-7H3. The summed E-state index contributed by atoms with van der Waals surface area (Å²) < 4.78 is 0. The zero-order valence-electron chi connectivity index (χ0n) is 15.9. The van der Waals surface area contributed by atoms with Crippen LogP contribution < -0.4 is 0 Å². The Morgan fingerprint density at radius 1 is 0.615 bits per heavy atom. The highest BCUT2D eigenvalue weighted by atomic mass is 16.1. The van der Waals surface area contributed by atoms with Gasteiger partial charge in [-0.3, -0.25) is 9.59 Å². The molecule has 0 radical (unpaired) electrons. The van der Waals surface area contributed by atoms with Gasteiger partial charge >= 0.3 is 0 Å². The lowest BCUT2D eigenvalue weighted by atomic mass is 9.89. The molecule has 2 nitrogen and oxygen atoms in total.